The average molecular weight is 263 g/mol. The second-order valence-electron chi connectivity index (χ2n) is 5.86. The number of rotatable bonds is 3. The van der Waals surface area contributed by atoms with Gasteiger partial charge in [-0.15, -0.1) is 0 Å². The van der Waals surface area contributed by atoms with E-state index >= 15 is 0 Å². The van der Waals surface area contributed by atoms with Crippen molar-refractivity contribution in [1.82, 2.24) is 14.5 Å². The molecular weight excluding hydrogens is 238 g/mol. The predicted octanol–water partition coefficient (Wildman–Crippen LogP) is 2.30. The highest BCUT2D eigenvalue weighted by atomic mass is 16.3. The molecule has 3 rings (SSSR count). The number of piperidine rings is 1. The highest BCUT2D eigenvalue weighted by Crippen LogP contribution is 2.32. The van der Waals surface area contributed by atoms with Gasteiger partial charge in [0, 0.05) is 12.6 Å². The van der Waals surface area contributed by atoms with Crippen LogP contribution in [-0.2, 0) is 6.42 Å². The fraction of sp³-hybridized carbons (Fsp3) is 0.800. The van der Waals surface area contributed by atoms with Crippen molar-refractivity contribution in [3.63, 3.8) is 0 Å². The van der Waals surface area contributed by atoms with Gasteiger partial charge in [-0.25, -0.2) is 4.98 Å². The highest BCUT2D eigenvalue weighted by Gasteiger charge is 2.28. The van der Waals surface area contributed by atoms with Crippen LogP contribution in [0.2, 0.25) is 0 Å². The van der Waals surface area contributed by atoms with Gasteiger partial charge in [0.15, 0.2) is 0 Å². The zero-order valence-corrected chi connectivity index (χ0v) is 11.9. The third-order valence-corrected chi connectivity index (χ3v) is 4.73. The number of imidazole rings is 1. The minimum atomic E-state index is 0.241. The molecule has 3 heterocycles. The minimum absolute atomic E-state index is 0.241. The number of hydrogen-bond donors (Lipinski definition) is 1. The number of likely N-dealkylation sites (tertiary alicyclic amines) is 1. The van der Waals surface area contributed by atoms with Crippen molar-refractivity contribution < 1.29 is 5.11 Å². The highest BCUT2D eigenvalue weighted by molar-refractivity contribution is 5.13. The van der Waals surface area contributed by atoms with E-state index in [1.165, 1.54) is 37.3 Å². The van der Waals surface area contributed by atoms with Gasteiger partial charge in [-0.2, -0.15) is 0 Å². The summed E-state index contributed by atoms with van der Waals surface area (Å²) in [4.78, 5) is 7.43. The minimum Gasteiger partial charge on any atom is -0.394 e. The molecule has 4 heteroatoms. The summed E-state index contributed by atoms with van der Waals surface area (Å²) >= 11 is 0. The van der Waals surface area contributed by atoms with Crippen LogP contribution in [0.1, 0.15) is 62.6 Å². The topological polar surface area (TPSA) is 41.3 Å². The largest absolute Gasteiger partial charge is 0.394 e. The molecule has 1 aromatic heterocycles. The van der Waals surface area contributed by atoms with Gasteiger partial charge < -0.3 is 9.67 Å². The van der Waals surface area contributed by atoms with E-state index in [-0.39, 0.29) is 12.6 Å². The van der Waals surface area contributed by atoms with Gasteiger partial charge in [-0.05, 0) is 38.8 Å². The summed E-state index contributed by atoms with van der Waals surface area (Å²) < 4.78 is 2.24. The summed E-state index contributed by atoms with van der Waals surface area (Å²) in [6.45, 7) is 4.79. The number of aliphatic hydroxyl groups excluding tert-OH is 1. The molecule has 2 atom stereocenters. The summed E-state index contributed by atoms with van der Waals surface area (Å²) in [6.07, 6.45) is 9.38. The van der Waals surface area contributed by atoms with E-state index in [0.717, 1.165) is 25.8 Å². The summed E-state index contributed by atoms with van der Waals surface area (Å²) in [5, 5.41) is 9.50. The van der Waals surface area contributed by atoms with Crippen molar-refractivity contribution in [3.8, 4) is 0 Å². The van der Waals surface area contributed by atoms with Gasteiger partial charge in [0.25, 0.3) is 0 Å². The third-order valence-electron chi connectivity index (χ3n) is 4.73. The van der Waals surface area contributed by atoms with Crippen molar-refractivity contribution in [3.05, 3.63) is 17.7 Å². The first kappa shape index (κ1) is 13.1. The molecule has 0 bridgehead atoms. The Morgan fingerprint density at radius 2 is 2.21 bits per heavy atom. The normalized spacial score (nSPS) is 28.3. The Morgan fingerprint density at radius 3 is 3.00 bits per heavy atom. The van der Waals surface area contributed by atoms with Crippen molar-refractivity contribution in [2.75, 3.05) is 19.7 Å². The van der Waals surface area contributed by atoms with Gasteiger partial charge in [0.1, 0.15) is 5.82 Å². The zero-order chi connectivity index (χ0) is 13.2. The lowest BCUT2D eigenvalue weighted by Gasteiger charge is -2.33. The molecule has 2 aliphatic rings. The van der Waals surface area contributed by atoms with Crippen molar-refractivity contribution in [2.24, 2.45) is 0 Å². The second-order valence-corrected chi connectivity index (χ2v) is 5.86. The van der Waals surface area contributed by atoms with Crippen LogP contribution >= 0.6 is 0 Å². The summed E-state index contributed by atoms with van der Waals surface area (Å²) in [5.74, 6) is 1.18. The third kappa shape index (κ3) is 2.43. The van der Waals surface area contributed by atoms with Crippen LogP contribution in [0.15, 0.2) is 6.20 Å². The molecule has 2 unspecified atom stereocenters. The first-order valence-corrected chi connectivity index (χ1v) is 7.76. The maximum atomic E-state index is 9.50. The molecule has 0 amide bonds. The summed E-state index contributed by atoms with van der Waals surface area (Å²) in [7, 11) is 0. The molecule has 1 aromatic rings. The Hall–Kier alpha value is -0.870. The fourth-order valence-electron chi connectivity index (χ4n) is 3.63. The number of aromatic nitrogens is 2. The van der Waals surface area contributed by atoms with E-state index in [0.29, 0.717) is 6.04 Å². The van der Waals surface area contributed by atoms with Crippen LogP contribution in [0.25, 0.3) is 0 Å². The molecular formula is C15H25N3O. The van der Waals surface area contributed by atoms with Gasteiger partial charge in [0.05, 0.1) is 24.4 Å². The number of fused-ring (bicyclic) bond motifs is 1. The van der Waals surface area contributed by atoms with E-state index in [1.807, 2.05) is 0 Å². The molecule has 2 aliphatic heterocycles. The Labute approximate surface area is 115 Å². The van der Waals surface area contributed by atoms with Crippen LogP contribution in [-0.4, -0.2) is 39.3 Å². The first-order chi connectivity index (χ1) is 9.33. The Kier molecular flexibility index (Phi) is 3.89. The first-order valence-electron chi connectivity index (χ1n) is 7.76. The number of nitrogens with zero attached hydrogens (tertiary/aromatic N) is 3. The van der Waals surface area contributed by atoms with Crippen LogP contribution in [0.5, 0.6) is 0 Å². The summed E-state index contributed by atoms with van der Waals surface area (Å²) in [6, 6.07) is 0.750. The molecule has 0 aromatic carbocycles. The van der Waals surface area contributed by atoms with Crippen LogP contribution < -0.4 is 0 Å². The van der Waals surface area contributed by atoms with Crippen LogP contribution in [0.3, 0.4) is 0 Å². The maximum absolute atomic E-state index is 9.50. The van der Waals surface area contributed by atoms with Gasteiger partial charge >= 0.3 is 0 Å². The monoisotopic (exact) mass is 263 g/mol. The van der Waals surface area contributed by atoms with Crippen LogP contribution in [0, 0.1) is 0 Å². The molecule has 0 saturated carbocycles. The summed E-state index contributed by atoms with van der Waals surface area (Å²) in [5.41, 5.74) is 1.23. The Balaban J connectivity index is 1.87. The van der Waals surface area contributed by atoms with Crippen molar-refractivity contribution in [1.29, 1.82) is 0 Å². The van der Waals surface area contributed by atoms with Gasteiger partial charge in [-0.1, -0.05) is 13.3 Å². The fourth-order valence-corrected chi connectivity index (χ4v) is 3.63. The van der Waals surface area contributed by atoms with E-state index in [2.05, 4.69) is 22.6 Å². The molecule has 106 valence electrons. The number of hydrogen-bond acceptors (Lipinski definition) is 3. The quantitative estimate of drug-likeness (QED) is 0.910. The lowest BCUT2D eigenvalue weighted by Crippen LogP contribution is -2.33. The van der Waals surface area contributed by atoms with Crippen molar-refractivity contribution >= 4 is 0 Å². The lowest BCUT2D eigenvalue weighted by molar-refractivity contribution is 0.154. The molecule has 0 radical (unpaired) electrons. The Bertz CT molecular complexity index is 429. The molecule has 1 fully saturated rings. The predicted molar refractivity (Wildman–Crippen MR) is 75.1 cm³/mol. The SMILES string of the molecule is CCN1CCCCC1c1cn2c(n1)CCCC2CO. The van der Waals surface area contributed by atoms with E-state index in [9.17, 15) is 5.11 Å². The number of aryl methyl sites for hydroxylation is 1. The lowest BCUT2D eigenvalue weighted by atomic mass is 10.00. The van der Waals surface area contributed by atoms with E-state index < -0.39 is 0 Å². The average Bonchev–Trinajstić information content (AvgIpc) is 2.90. The van der Waals surface area contributed by atoms with Crippen molar-refractivity contribution in [2.45, 2.75) is 57.5 Å². The molecule has 4 nitrogen and oxygen atoms in total. The molecule has 0 spiro atoms. The second kappa shape index (κ2) is 5.63. The maximum Gasteiger partial charge on any atom is 0.109 e. The smallest absolute Gasteiger partial charge is 0.109 e. The molecule has 0 aliphatic carbocycles. The van der Waals surface area contributed by atoms with Crippen LogP contribution in [0.4, 0.5) is 0 Å². The van der Waals surface area contributed by atoms with Gasteiger partial charge in [-0.3, -0.25) is 4.90 Å². The standard InChI is InChI=1S/C15H25N3O/c1-2-17-9-4-3-7-14(17)13-10-18-12(11-19)6-5-8-15(18)16-13/h10,12,14,19H,2-9,11H2,1H3. The van der Waals surface area contributed by atoms with Gasteiger partial charge in [0.2, 0.25) is 0 Å². The molecule has 19 heavy (non-hydrogen) atoms. The molecule has 1 N–H and O–H groups in total. The van der Waals surface area contributed by atoms with E-state index in [4.69, 9.17) is 4.98 Å². The zero-order valence-electron chi connectivity index (χ0n) is 11.9. The molecule has 1 saturated heterocycles. The Morgan fingerprint density at radius 1 is 1.32 bits per heavy atom. The number of aliphatic hydroxyl groups is 1. The van der Waals surface area contributed by atoms with E-state index in [1.54, 1.807) is 0 Å².